The summed E-state index contributed by atoms with van der Waals surface area (Å²) in [5.74, 6) is -1.58. The number of ether oxygens (including phenoxy) is 2. The van der Waals surface area contributed by atoms with Gasteiger partial charge in [-0.15, -0.1) is 11.3 Å². The molecule has 37 heavy (non-hydrogen) atoms. The summed E-state index contributed by atoms with van der Waals surface area (Å²) in [6, 6.07) is 9.89. The highest BCUT2D eigenvalue weighted by atomic mass is 32.1. The van der Waals surface area contributed by atoms with Crippen LogP contribution in [0.2, 0.25) is 0 Å². The Hall–Kier alpha value is -4.39. The van der Waals surface area contributed by atoms with Crippen molar-refractivity contribution in [2.75, 3.05) is 12.4 Å². The summed E-state index contributed by atoms with van der Waals surface area (Å²) in [5.41, 5.74) is 4.74. The summed E-state index contributed by atoms with van der Waals surface area (Å²) in [7, 11) is 1.27. The highest BCUT2D eigenvalue weighted by Gasteiger charge is 2.34. The Bertz CT molecular complexity index is 1510. The Balaban J connectivity index is 1.52. The molecule has 1 aromatic carbocycles. The lowest BCUT2D eigenvalue weighted by Gasteiger charge is -2.09. The minimum absolute atomic E-state index is 0.0397. The number of carbonyl (C=O) groups is 3. The summed E-state index contributed by atoms with van der Waals surface area (Å²) in [6.45, 7) is 1.37. The van der Waals surface area contributed by atoms with Gasteiger partial charge in [-0.2, -0.15) is 13.2 Å². The number of furan rings is 1. The summed E-state index contributed by atoms with van der Waals surface area (Å²) in [4.78, 5) is 39.7. The first-order valence-corrected chi connectivity index (χ1v) is 11.3. The number of aryl methyl sites for hydroxylation is 1. The van der Waals surface area contributed by atoms with Crippen LogP contribution in [0.1, 0.15) is 47.6 Å². The lowest BCUT2D eigenvalue weighted by atomic mass is 10.1. The molecule has 0 aliphatic heterocycles. The molecule has 3 N–H and O–H groups in total. The first kappa shape index (κ1) is 25.7. The van der Waals surface area contributed by atoms with Crippen LogP contribution in [0.15, 0.2) is 46.9 Å². The van der Waals surface area contributed by atoms with Crippen molar-refractivity contribution in [2.45, 2.75) is 19.7 Å². The van der Waals surface area contributed by atoms with Crippen LogP contribution < -0.4 is 15.8 Å². The number of rotatable bonds is 7. The van der Waals surface area contributed by atoms with E-state index in [1.807, 2.05) is 0 Å². The summed E-state index contributed by atoms with van der Waals surface area (Å²) >= 11 is 0.649. The Morgan fingerprint density at radius 2 is 1.84 bits per heavy atom. The average Bonchev–Trinajstić information content (AvgIpc) is 3.47. The van der Waals surface area contributed by atoms with Gasteiger partial charge in [-0.1, -0.05) is 0 Å². The predicted octanol–water partition coefficient (Wildman–Crippen LogP) is 4.93. The number of alkyl halides is 3. The van der Waals surface area contributed by atoms with Crippen LogP contribution in [-0.4, -0.2) is 29.9 Å². The molecule has 0 aliphatic carbocycles. The quantitative estimate of drug-likeness (QED) is 0.322. The Kier molecular flexibility index (Phi) is 6.90. The van der Waals surface area contributed by atoms with Gasteiger partial charge in [0.25, 0.3) is 11.8 Å². The van der Waals surface area contributed by atoms with E-state index in [2.05, 4.69) is 15.0 Å². The third-order valence-electron chi connectivity index (χ3n) is 5.15. The predicted molar refractivity (Wildman–Crippen MR) is 127 cm³/mol. The Labute approximate surface area is 211 Å². The number of pyridine rings is 1. The molecule has 3 heterocycles. The monoisotopic (exact) mass is 533 g/mol. The number of nitrogens with one attached hydrogen (secondary N) is 1. The maximum Gasteiger partial charge on any atom is 0.433 e. The van der Waals surface area contributed by atoms with Gasteiger partial charge >= 0.3 is 12.1 Å². The van der Waals surface area contributed by atoms with E-state index in [1.54, 1.807) is 12.1 Å². The number of thiophene rings is 1. The molecule has 0 unspecified atom stereocenters. The van der Waals surface area contributed by atoms with Gasteiger partial charge in [-0.25, -0.2) is 9.78 Å². The lowest BCUT2D eigenvalue weighted by Crippen LogP contribution is -2.16. The molecule has 3 aromatic heterocycles. The fourth-order valence-electron chi connectivity index (χ4n) is 3.43. The molecule has 0 saturated heterocycles. The second kappa shape index (κ2) is 9.93. The summed E-state index contributed by atoms with van der Waals surface area (Å²) in [5, 5.41) is 2.68. The van der Waals surface area contributed by atoms with E-state index >= 15 is 0 Å². The van der Waals surface area contributed by atoms with Gasteiger partial charge in [0.1, 0.15) is 33.5 Å². The van der Waals surface area contributed by atoms with Gasteiger partial charge in [-0.3, -0.25) is 9.59 Å². The van der Waals surface area contributed by atoms with E-state index < -0.39 is 29.7 Å². The van der Waals surface area contributed by atoms with Gasteiger partial charge in [0, 0.05) is 5.39 Å². The van der Waals surface area contributed by atoms with Crippen LogP contribution in [0.4, 0.5) is 18.9 Å². The molecular weight excluding hydrogens is 515 g/mol. The van der Waals surface area contributed by atoms with Crippen LogP contribution in [0, 0.1) is 6.92 Å². The molecular formula is C24H18F3N3O6S. The van der Waals surface area contributed by atoms with Crippen LogP contribution in [0.25, 0.3) is 10.2 Å². The van der Waals surface area contributed by atoms with Gasteiger partial charge < -0.3 is 24.9 Å². The molecule has 0 radical (unpaired) electrons. The van der Waals surface area contributed by atoms with E-state index in [-0.39, 0.29) is 38.7 Å². The number of hydrogen-bond donors (Lipinski definition) is 2. The highest BCUT2D eigenvalue weighted by Crippen LogP contribution is 2.40. The van der Waals surface area contributed by atoms with Crippen molar-refractivity contribution in [3.8, 4) is 5.75 Å². The number of fused-ring (bicyclic) bond motifs is 1. The highest BCUT2D eigenvalue weighted by molar-refractivity contribution is 7.21. The van der Waals surface area contributed by atoms with E-state index in [1.165, 1.54) is 38.3 Å². The summed E-state index contributed by atoms with van der Waals surface area (Å²) in [6.07, 6.45) is -4.69. The molecule has 0 bridgehead atoms. The second-order valence-electron chi connectivity index (χ2n) is 7.70. The Morgan fingerprint density at radius 3 is 2.46 bits per heavy atom. The number of carbonyl (C=O) groups excluding carboxylic acids is 3. The van der Waals surface area contributed by atoms with E-state index in [9.17, 15) is 27.6 Å². The molecule has 13 heteroatoms. The number of benzene rings is 1. The maximum absolute atomic E-state index is 13.2. The van der Waals surface area contributed by atoms with Gasteiger partial charge in [0.15, 0.2) is 5.76 Å². The van der Waals surface area contributed by atoms with E-state index in [4.69, 9.17) is 14.9 Å². The normalized spacial score (nSPS) is 11.4. The number of primary amides is 1. The van der Waals surface area contributed by atoms with Gasteiger partial charge in [0.2, 0.25) is 0 Å². The molecule has 9 nitrogen and oxygen atoms in total. The summed E-state index contributed by atoms with van der Waals surface area (Å²) < 4.78 is 55.2. The largest absolute Gasteiger partial charge is 0.486 e. The molecule has 0 aliphatic rings. The number of anilines is 1. The molecule has 0 saturated carbocycles. The first-order chi connectivity index (χ1) is 17.5. The van der Waals surface area contributed by atoms with Crippen molar-refractivity contribution in [1.82, 2.24) is 4.98 Å². The number of esters is 1. The second-order valence-corrected chi connectivity index (χ2v) is 8.70. The van der Waals surface area contributed by atoms with E-state index in [0.29, 0.717) is 28.4 Å². The third kappa shape index (κ3) is 5.40. The van der Waals surface area contributed by atoms with Crippen molar-refractivity contribution in [3.63, 3.8) is 0 Å². The minimum atomic E-state index is -4.69. The standard InChI is InChI=1S/C24H18F3N3O6S/c1-11-9-16(24(25,26)27)29-22-17(11)18(19(37-22)20(28)31)30-21(32)15-8-7-14(36-15)10-35-13-5-3-12(4-6-13)23(33)34-2/h3-9H,10H2,1-2H3,(H2,28,31)(H,30,32). The average molecular weight is 533 g/mol. The zero-order valence-corrected chi connectivity index (χ0v) is 20.1. The number of hydrogen-bond acceptors (Lipinski definition) is 8. The zero-order valence-electron chi connectivity index (χ0n) is 19.3. The minimum Gasteiger partial charge on any atom is -0.486 e. The third-order valence-corrected chi connectivity index (χ3v) is 6.25. The number of nitrogens with two attached hydrogens (primary N) is 1. The van der Waals surface area contributed by atoms with Gasteiger partial charge in [0.05, 0.1) is 18.4 Å². The number of methoxy groups -OCH3 is 1. The molecule has 2 amide bonds. The van der Waals surface area contributed by atoms with E-state index in [0.717, 1.165) is 6.07 Å². The van der Waals surface area contributed by atoms with Crippen molar-refractivity contribution in [1.29, 1.82) is 0 Å². The molecule has 4 aromatic rings. The lowest BCUT2D eigenvalue weighted by molar-refractivity contribution is -0.141. The molecule has 4 rings (SSSR count). The molecule has 0 spiro atoms. The first-order valence-electron chi connectivity index (χ1n) is 10.5. The van der Waals surface area contributed by atoms with Crippen molar-refractivity contribution in [3.05, 3.63) is 75.7 Å². The smallest absolute Gasteiger partial charge is 0.433 e. The Morgan fingerprint density at radius 1 is 1.14 bits per heavy atom. The number of amides is 2. The van der Waals surface area contributed by atoms with Crippen LogP contribution in [0.5, 0.6) is 5.75 Å². The number of halogens is 3. The molecule has 192 valence electrons. The van der Waals surface area contributed by atoms with Crippen LogP contribution in [-0.2, 0) is 17.5 Å². The topological polar surface area (TPSA) is 134 Å². The fourth-order valence-corrected chi connectivity index (χ4v) is 4.49. The van der Waals surface area contributed by atoms with Crippen molar-refractivity contribution < 1.29 is 41.4 Å². The molecule has 0 atom stereocenters. The zero-order chi connectivity index (χ0) is 26.9. The SMILES string of the molecule is COC(=O)c1ccc(OCc2ccc(C(=O)Nc3c(C(N)=O)sc4nc(C(F)(F)F)cc(C)c34)o2)cc1. The number of aromatic nitrogens is 1. The van der Waals surface area contributed by atoms with Crippen molar-refractivity contribution in [2.24, 2.45) is 5.73 Å². The van der Waals surface area contributed by atoms with Crippen molar-refractivity contribution >= 4 is 45.0 Å². The number of nitrogens with zero attached hydrogens (tertiary/aromatic N) is 1. The van der Waals surface area contributed by atoms with Crippen LogP contribution >= 0.6 is 11.3 Å². The fraction of sp³-hybridized carbons (Fsp3) is 0.167. The van der Waals surface area contributed by atoms with Crippen LogP contribution in [0.3, 0.4) is 0 Å². The molecule has 0 fully saturated rings. The maximum atomic E-state index is 13.2. The van der Waals surface area contributed by atoms with Gasteiger partial charge in [-0.05, 0) is 55.0 Å².